The van der Waals surface area contributed by atoms with Crippen molar-refractivity contribution in [2.45, 2.75) is 20.4 Å². The number of nitrogens with one attached hydrogen (secondary N) is 1. The van der Waals surface area contributed by atoms with Gasteiger partial charge in [0.2, 0.25) is 5.91 Å². The molecule has 3 aromatic rings. The first-order valence-electron chi connectivity index (χ1n) is 9.87. The molecule has 0 atom stereocenters. The van der Waals surface area contributed by atoms with E-state index in [-0.39, 0.29) is 17.2 Å². The Labute approximate surface area is 194 Å². The van der Waals surface area contributed by atoms with Crippen LogP contribution < -0.4 is 5.32 Å². The van der Waals surface area contributed by atoms with Crippen molar-refractivity contribution in [1.82, 2.24) is 4.57 Å². The topological polar surface area (TPSA) is 205 Å². The van der Waals surface area contributed by atoms with E-state index >= 15 is 0 Å². The number of aromatic nitrogens is 1. The van der Waals surface area contributed by atoms with Crippen molar-refractivity contribution in [3.8, 4) is 22.8 Å². The molecule has 0 aliphatic rings. The van der Waals surface area contributed by atoms with Gasteiger partial charge in [-0.1, -0.05) is 0 Å². The number of fused-ring (bicyclic) bond motifs is 1. The van der Waals surface area contributed by atoms with E-state index in [4.69, 9.17) is 9.79 Å². The summed E-state index contributed by atoms with van der Waals surface area (Å²) in [7, 11) is -10.5. The Kier molecular flexibility index (Phi) is 7.16. The monoisotopic (exact) mass is 512 g/mol. The van der Waals surface area contributed by atoms with E-state index in [0.717, 1.165) is 16.8 Å². The molecule has 12 nitrogen and oxygen atoms in total. The highest BCUT2D eigenvalue weighted by atomic mass is 31.3. The molecular formula is C20H24N3O9P2+. The van der Waals surface area contributed by atoms with E-state index < -0.39 is 33.2 Å². The predicted molar refractivity (Wildman–Crippen MR) is 128 cm³/mol. The molecule has 0 unspecified atom stereocenters. The number of aliphatic imine (C=N–C) groups is 1. The normalized spacial score (nSPS) is 12.9. The number of carbonyl (C=O) groups is 1. The number of carbonyl (C=O) groups excluding carboxylic acids is 1. The molecule has 182 valence electrons. The lowest BCUT2D eigenvalue weighted by molar-refractivity contribution is -0.114. The van der Waals surface area contributed by atoms with Gasteiger partial charge in [0.05, 0.1) is 16.9 Å². The van der Waals surface area contributed by atoms with Crippen molar-refractivity contribution in [1.29, 1.82) is 0 Å². The molecule has 0 bridgehead atoms. The van der Waals surface area contributed by atoms with Gasteiger partial charge >= 0.3 is 20.7 Å². The number of benzene rings is 2. The molecule has 8 N–H and O–H groups in total. The predicted octanol–water partition coefficient (Wildman–Crippen LogP) is 2.26. The zero-order valence-electron chi connectivity index (χ0n) is 18.1. The largest absolute Gasteiger partial charge is 0.508 e. The molecule has 0 aliphatic heterocycles. The zero-order valence-corrected chi connectivity index (χ0v) is 19.9. The summed E-state index contributed by atoms with van der Waals surface area (Å²) in [6.07, 6.45) is 0. The second-order valence-corrected chi connectivity index (χ2v) is 10.9. The molecular weight excluding hydrogens is 488 g/mol. The number of rotatable bonds is 7. The first-order chi connectivity index (χ1) is 15.7. The number of phenolic OH excluding ortho intramolecular Hbond substituents is 2. The van der Waals surface area contributed by atoms with Crippen molar-refractivity contribution >= 4 is 43.2 Å². The maximum absolute atomic E-state index is 12.3. The standard InChI is InChI=1S/C20H23N3O9P2/c1-3-23-16-9-17(25)15(22-18(26)10-21-20(33(27,28)29)34(30,31)32)8-14(16)11(2)19(23)12-4-6-13(24)7-5-12/h4-9,27-29H,3,10H2,1-2H3,(H4-,21,22,24,25,26,30,31,32)/p+1. The molecule has 0 radical (unpaired) electrons. The van der Waals surface area contributed by atoms with Crippen molar-refractivity contribution in [2.75, 3.05) is 11.9 Å². The summed E-state index contributed by atoms with van der Waals surface area (Å²) in [6, 6.07) is 9.63. The maximum Gasteiger partial charge on any atom is 0.469 e. The van der Waals surface area contributed by atoms with Crippen LogP contribution in [-0.4, -0.2) is 56.9 Å². The summed E-state index contributed by atoms with van der Waals surface area (Å²) in [4.78, 5) is 61.2. The zero-order chi connectivity index (χ0) is 25.4. The third-order valence-corrected chi connectivity index (χ3v) is 7.99. The highest BCUT2D eigenvalue weighted by Crippen LogP contribution is 2.60. The van der Waals surface area contributed by atoms with Gasteiger partial charge in [-0.15, -0.1) is 0 Å². The Morgan fingerprint density at radius 2 is 1.74 bits per heavy atom. The molecule has 1 heterocycles. The summed E-state index contributed by atoms with van der Waals surface area (Å²) in [6.45, 7) is 3.41. The lowest BCUT2D eigenvalue weighted by Crippen LogP contribution is -2.17. The van der Waals surface area contributed by atoms with Crippen molar-refractivity contribution in [3.05, 3.63) is 42.0 Å². The number of amides is 1. The molecule has 1 amide bonds. The number of aromatic hydroxyl groups is 2. The number of anilines is 1. The van der Waals surface area contributed by atoms with E-state index in [9.17, 15) is 34.3 Å². The number of nitrogens with zero attached hydrogens (tertiary/aromatic N) is 2. The van der Waals surface area contributed by atoms with E-state index in [2.05, 4.69) is 10.3 Å². The van der Waals surface area contributed by atoms with Gasteiger partial charge in [-0.25, -0.2) is 9.56 Å². The van der Waals surface area contributed by atoms with Gasteiger partial charge in [0.1, 0.15) is 18.0 Å². The lowest BCUT2D eigenvalue weighted by atomic mass is 10.1. The minimum absolute atomic E-state index is 0.00269. The minimum atomic E-state index is -5.32. The van der Waals surface area contributed by atoms with Gasteiger partial charge in [-0.05, 0) is 55.3 Å². The Hall–Kier alpha value is -2.82. The second-order valence-electron chi connectivity index (χ2n) is 7.43. The van der Waals surface area contributed by atoms with Gasteiger partial charge in [-0.3, -0.25) is 4.79 Å². The van der Waals surface area contributed by atoms with Crippen LogP contribution in [0.25, 0.3) is 22.2 Å². The average Bonchev–Trinajstić information content (AvgIpc) is 2.98. The SMILES string of the molecule is CCn1c(-c2ccc(O)cc2)c(C)c2cc(NC(=O)CN=C(P(=O)(O)O)[P+](O)(O)O)c(O)cc21. The van der Waals surface area contributed by atoms with Crippen LogP contribution in [0.2, 0.25) is 0 Å². The smallest absolute Gasteiger partial charge is 0.469 e. The van der Waals surface area contributed by atoms with Crippen molar-refractivity contribution < 1.29 is 44.0 Å². The summed E-state index contributed by atoms with van der Waals surface area (Å²) in [5.74, 6) is -1.09. The Morgan fingerprint density at radius 1 is 1.12 bits per heavy atom. The fourth-order valence-electron chi connectivity index (χ4n) is 3.67. The average molecular weight is 512 g/mol. The number of hydrogen-bond acceptors (Lipinski definition) is 8. The van der Waals surface area contributed by atoms with Gasteiger partial charge < -0.3 is 29.9 Å². The lowest BCUT2D eigenvalue weighted by Gasteiger charge is -2.11. The van der Waals surface area contributed by atoms with Crippen LogP contribution in [0, 0.1) is 6.92 Å². The molecule has 0 aliphatic carbocycles. The van der Waals surface area contributed by atoms with E-state index in [1.54, 1.807) is 24.3 Å². The molecule has 34 heavy (non-hydrogen) atoms. The van der Waals surface area contributed by atoms with Crippen LogP contribution in [0.5, 0.6) is 11.5 Å². The highest BCUT2D eigenvalue weighted by Gasteiger charge is 2.51. The third-order valence-electron chi connectivity index (χ3n) is 5.06. The van der Waals surface area contributed by atoms with Gasteiger partial charge in [-0.2, -0.15) is 14.7 Å². The van der Waals surface area contributed by atoms with Crippen LogP contribution in [0.1, 0.15) is 12.5 Å². The molecule has 1 aromatic heterocycles. The van der Waals surface area contributed by atoms with Crippen LogP contribution in [0.3, 0.4) is 0 Å². The van der Waals surface area contributed by atoms with Crippen LogP contribution in [-0.2, 0) is 15.9 Å². The molecule has 0 saturated heterocycles. The Bertz CT molecular complexity index is 1320. The van der Waals surface area contributed by atoms with Crippen LogP contribution >= 0.6 is 15.5 Å². The molecule has 3 rings (SSSR count). The Morgan fingerprint density at radius 3 is 2.26 bits per heavy atom. The molecule has 2 aromatic carbocycles. The molecule has 0 spiro atoms. The van der Waals surface area contributed by atoms with E-state index in [1.807, 2.05) is 18.4 Å². The third kappa shape index (κ3) is 5.29. The van der Waals surface area contributed by atoms with Crippen LogP contribution in [0.15, 0.2) is 41.4 Å². The summed E-state index contributed by atoms with van der Waals surface area (Å²) >= 11 is 0. The van der Waals surface area contributed by atoms with Gasteiger partial charge in [0.15, 0.2) is 0 Å². The van der Waals surface area contributed by atoms with E-state index in [0.29, 0.717) is 17.4 Å². The number of phenols is 2. The summed E-state index contributed by atoms with van der Waals surface area (Å²) in [5.41, 5.74) is 3.22. The fraction of sp³-hybridized carbons (Fsp3) is 0.200. The first-order valence-corrected chi connectivity index (χ1v) is 13.1. The summed E-state index contributed by atoms with van der Waals surface area (Å²) < 4.78 is 13.3. The highest BCUT2D eigenvalue weighted by molar-refractivity contribution is 8.00. The van der Waals surface area contributed by atoms with Crippen LogP contribution in [0.4, 0.5) is 5.69 Å². The van der Waals surface area contributed by atoms with Crippen molar-refractivity contribution in [2.24, 2.45) is 4.99 Å². The number of hydrogen-bond donors (Lipinski definition) is 8. The molecule has 0 fully saturated rings. The Balaban J connectivity index is 1.98. The first kappa shape index (κ1) is 25.8. The molecule has 14 heteroatoms. The quantitative estimate of drug-likeness (QED) is 0.133. The minimum Gasteiger partial charge on any atom is -0.508 e. The molecule has 0 saturated carbocycles. The second kappa shape index (κ2) is 9.44. The fourth-order valence-corrected chi connectivity index (χ4v) is 5.58. The van der Waals surface area contributed by atoms with E-state index in [1.165, 1.54) is 12.1 Å². The van der Waals surface area contributed by atoms with Gasteiger partial charge in [0.25, 0.3) is 0 Å². The number of aryl methyl sites for hydroxylation is 2. The summed E-state index contributed by atoms with van der Waals surface area (Å²) in [5, 5.41) is 21.6. The van der Waals surface area contributed by atoms with Gasteiger partial charge in [0, 0.05) is 18.0 Å². The van der Waals surface area contributed by atoms with Crippen molar-refractivity contribution in [3.63, 3.8) is 0 Å². The maximum atomic E-state index is 12.3.